The smallest absolute Gasteiger partial charge is 0.253 e. The first-order valence-corrected chi connectivity index (χ1v) is 10.1. The predicted molar refractivity (Wildman–Crippen MR) is 134 cm³/mol. The molecule has 6 nitrogen and oxygen atoms in total. The summed E-state index contributed by atoms with van der Waals surface area (Å²) < 4.78 is 6.03. The minimum atomic E-state index is -0.000852. The van der Waals surface area contributed by atoms with Gasteiger partial charge in [0.15, 0.2) is 5.96 Å². The molecule has 1 atom stereocenters. The Kier molecular flexibility index (Phi) is 11.9. The minimum Gasteiger partial charge on any atom is -0.489 e. The van der Waals surface area contributed by atoms with E-state index >= 15 is 0 Å². The fourth-order valence-electron chi connectivity index (χ4n) is 2.69. The summed E-state index contributed by atoms with van der Waals surface area (Å²) in [6.07, 6.45) is 0.945. The number of ether oxygens (including phenoxy) is 1. The van der Waals surface area contributed by atoms with Crippen molar-refractivity contribution < 1.29 is 9.53 Å². The molecule has 0 fully saturated rings. The Bertz CT molecular complexity index is 780. The van der Waals surface area contributed by atoms with Crippen molar-refractivity contribution in [2.24, 2.45) is 4.99 Å². The monoisotopic (exact) mass is 524 g/mol. The molecular formula is C23H33IN4O2. The van der Waals surface area contributed by atoms with Crippen molar-refractivity contribution in [2.75, 3.05) is 27.2 Å². The molecule has 0 saturated heterocycles. The second-order valence-corrected chi connectivity index (χ2v) is 6.93. The molecule has 0 aliphatic heterocycles. The molecule has 164 valence electrons. The topological polar surface area (TPSA) is 66.0 Å². The quantitative estimate of drug-likeness (QED) is 0.297. The van der Waals surface area contributed by atoms with Crippen LogP contribution < -0.4 is 15.4 Å². The zero-order valence-electron chi connectivity index (χ0n) is 18.2. The van der Waals surface area contributed by atoms with E-state index in [0.29, 0.717) is 18.7 Å². The van der Waals surface area contributed by atoms with Gasteiger partial charge >= 0.3 is 0 Å². The van der Waals surface area contributed by atoms with Gasteiger partial charge in [0.1, 0.15) is 11.9 Å². The van der Waals surface area contributed by atoms with Crippen LogP contribution in [0.2, 0.25) is 0 Å². The number of guanidine groups is 1. The highest BCUT2D eigenvalue weighted by Gasteiger charge is 2.10. The summed E-state index contributed by atoms with van der Waals surface area (Å²) in [5.74, 6) is 1.62. The first kappa shape index (κ1) is 25.7. The van der Waals surface area contributed by atoms with E-state index in [1.54, 1.807) is 19.0 Å². The number of rotatable bonds is 9. The van der Waals surface area contributed by atoms with Gasteiger partial charge in [-0.15, -0.1) is 24.0 Å². The molecule has 1 unspecified atom stereocenters. The maximum absolute atomic E-state index is 12.0. The van der Waals surface area contributed by atoms with Gasteiger partial charge in [0.25, 0.3) is 5.91 Å². The third-order valence-electron chi connectivity index (χ3n) is 4.37. The van der Waals surface area contributed by atoms with E-state index in [9.17, 15) is 4.79 Å². The van der Waals surface area contributed by atoms with E-state index in [-0.39, 0.29) is 36.0 Å². The van der Waals surface area contributed by atoms with Gasteiger partial charge in [-0.25, -0.2) is 4.99 Å². The SMILES string of the molecule is CCNC(=NCc1ccc(C(=O)N(C)C)cc1)NCC(CC)Oc1ccccc1.I. The molecule has 0 heterocycles. The molecule has 2 rings (SSSR count). The summed E-state index contributed by atoms with van der Waals surface area (Å²) in [6.45, 7) is 6.11. The van der Waals surface area contributed by atoms with Crippen molar-refractivity contribution in [3.05, 3.63) is 65.7 Å². The van der Waals surface area contributed by atoms with Gasteiger partial charge in [0.05, 0.1) is 13.1 Å². The fourth-order valence-corrected chi connectivity index (χ4v) is 2.69. The lowest BCUT2D eigenvalue weighted by molar-refractivity contribution is 0.0827. The molecule has 0 spiro atoms. The second kappa shape index (κ2) is 13.8. The van der Waals surface area contributed by atoms with Crippen LogP contribution in [0.1, 0.15) is 36.2 Å². The molecule has 0 radical (unpaired) electrons. The Morgan fingerprint density at radius 3 is 2.27 bits per heavy atom. The van der Waals surface area contributed by atoms with Crippen LogP contribution in [0.4, 0.5) is 0 Å². The number of amides is 1. The van der Waals surface area contributed by atoms with Crippen molar-refractivity contribution in [1.82, 2.24) is 15.5 Å². The fraction of sp³-hybridized carbons (Fsp3) is 0.391. The molecular weight excluding hydrogens is 491 g/mol. The van der Waals surface area contributed by atoms with Gasteiger partial charge in [-0.3, -0.25) is 4.79 Å². The number of benzene rings is 2. The largest absolute Gasteiger partial charge is 0.489 e. The number of aliphatic imine (C=N–C) groups is 1. The van der Waals surface area contributed by atoms with Gasteiger partial charge in [-0.05, 0) is 43.2 Å². The lowest BCUT2D eigenvalue weighted by Crippen LogP contribution is -2.42. The van der Waals surface area contributed by atoms with Crippen LogP contribution in [0.25, 0.3) is 0 Å². The van der Waals surface area contributed by atoms with E-state index < -0.39 is 0 Å². The molecule has 2 aromatic rings. The van der Waals surface area contributed by atoms with Crippen LogP contribution in [-0.2, 0) is 6.54 Å². The van der Waals surface area contributed by atoms with Crippen LogP contribution in [0, 0.1) is 0 Å². The maximum Gasteiger partial charge on any atom is 0.253 e. The summed E-state index contributed by atoms with van der Waals surface area (Å²) in [5.41, 5.74) is 1.72. The van der Waals surface area contributed by atoms with Gasteiger partial charge in [-0.1, -0.05) is 37.3 Å². The molecule has 30 heavy (non-hydrogen) atoms. The van der Waals surface area contributed by atoms with E-state index in [1.807, 2.05) is 61.5 Å². The highest BCUT2D eigenvalue weighted by Crippen LogP contribution is 2.12. The van der Waals surface area contributed by atoms with E-state index in [0.717, 1.165) is 30.2 Å². The Morgan fingerprint density at radius 1 is 1.03 bits per heavy atom. The van der Waals surface area contributed by atoms with Crippen molar-refractivity contribution in [3.63, 3.8) is 0 Å². The van der Waals surface area contributed by atoms with Crippen molar-refractivity contribution in [1.29, 1.82) is 0 Å². The third kappa shape index (κ3) is 8.61. The van der Waals surface area contributed by atoms with Crippen LogP contribution in [0.3, 0.4) is 0 Å². The molecule has 0 aromatic heterocycles. The maximum atomic E-state index is 12.0. The molecule has 0 bridgehead atoms. The van der Waals surface area contributed by atoms with Crippen LogP contribution >= 0.6 is 24.0 Å². The highest BCUT2D eigenvalue weighted by molar-refractivity contribution is 14.0. The molecule has 0 aliphatic carbocycles. The molecule has 7 heteroatoms. The van der Waals surface area contributed by atoms with E-state index in [2.05, 4.69) is 22.5 Å². The number of halogens is 1. The summed E-state index contributed by atoms with van der Waals surface area (Å²) in [5, 5.41) is 6.62. The normalized spacial score (nSPS) is 11.8. The van der Waals surface area contributed by atoms with Gasteiger partial charge < -0.3 is 20.3 Å². The number of carbonyl (C=O) groups excluding carboxylic acids is 1. The number of nitrogens with one attached hydrogen (secondary N) is 2. The average molecular weight is 524 g/mol. The molecule has 0 saturated carbocycles. The van der Waals surface area contributed by atoms with Crippen LogP contribution in [0.15, 0.2) is 59.6 Å². The molecule has 1 amide bonds. The van der Waals surface area contributed by atoms with Crippen molar-refractivity contribution >= 4 is 35.8 Å². The molecule has 2 aromatic carbocycles. The Morgan fingerprint density at radius 2 is 1.70 bits per heavy atom. The van der Waals surface area contributed by atoms with Crippen molar-refractivity contribution in [3.8, 4) is 5.75 Å². The highest BCUT2D eigenvalue weighted by atomic mass is 127. The first-order chi connectivity index (χ1) is 14.0. The number of nitrogens with zero attached hydrogens (tertiary/aromatic N) is 2. The summed E-state index contributed by atoms with van der Waals surface area (Å²) >= 11 is 0. The summed E-state index contributed by atoms with van der Waals surface area (Å²) in [7, 11) is 3.50. The third-order valence-corrected chi connectivity index (χ3v) is 4.37. The zero-order valence-corrected chi connectivity index (χ0v) is 20.6. The van der Waals surface area contributed by atoms with Crippen molar-refractivity contribution in [2.45, 2.75) is 32.9 Å². The first-order valence-electron chi connectivity index (χ1n) is 10.1. The van der Waals surface area contributed by atoms with Gasteiger partial charge in [-0.2, -0.15) is 0 Å². The van der Waals surface area contributed by atoms with E-state index in [1.165, 1.54) is 0 Å². The number of hydrogen-bond donors (Lipinski definition) is 2. The minimum absolute atomic E-state index is 0. The summed E-state index contributed by atoms with van der Waals surface area (Å²) in [4.78, 5) is 18.2. The van der Waals surface area contributed by atoms with Crippen LogP contribution in [0.5, 0.6) is 5.75 Å². The summed E-state index contributed by atoms with van der Waals surface area (Å²) in [6, 6.07) is 17.4. The van der Waals surface area contributed by atoms with Crippen LogP contribution in [-0.4, -0.2) is 50.1 Å². The van der Waals surface area contributed by atoms with Gasteiger partial charge in [0.2, 0.25) is 0 Å². The second-order valence-electron chi connectivity index (χ2n) is 6.93. The van der Waals surface area contributed by atoms with E-state index in [4.69, 9.17) is 4.74 Å². The molecule has 2 N–H and O–H groups in total. The Labute approximate surface area is 197 Å². The standard InChI is InChI=1S/C23H32N4O2.HI/c1-5-20(29-21-10-8-7-9-11-21)17-26-23(24-6-2)25-16-18-12-14-19(15-13-18)22(28)27(3)4;/h7-15,20H,5-6,16-17H2,1-4H3,(H2,24,25,26);1H. The zero-order chi connectivity index (χ0) is 21.1. The number of carbonyl (C=O) groups is 1. The van der Waals surface area contributed by atoms with Gasteiger partial charge in [0, 0.05) is 26.2 Å². The molecule has 0 aliphatic rings. The Balaban J connectivity index is 0.00000450. The number of hydrogen-bond acceptors (Lipinski definition) is 3. The lowest BCUT2D eigenvalue weighted by atomic mass is 10.1. The lowest BCUT2D eigenvalue weighted by Gasteiger charge is -2.20. The Hall–Kier alpha value is -2.29. The predicted octanol–water partition coefficient (Wildman–Crippen LogP) is 3.92. The number of para-hydroxylation sites is 1. The average Bonchev–Trinajstić information content (AvgIpc) is 2.75.